The second-order valence-electron chi connectivity index (χ2n) is 6.69. The lowest BCUT2D eigenvalue weighted by Gasteiger charge is -2.20. The molecule has 0 fully saturated rings. The SMILES string of the molecule is COc1cc(Nc2nccc(C(C)(C)C(N)=O)n2)ccc1-n1cnc(C)c1. The number of aryl methyl sites for hydroxylation is 1. The molecule has 2 heterocycles. The first-order valence-corrected chi connectivity index (χ1v) is 8.40. The summed E-state index contributed by atoms with van der Waals surface area (Å²) in [6.07, 6.45) is 5.25. The molecule has 2 aromatic heterocycles. The van der Waals surface area contributed by atoms with Gasteiger partial charge in [0, 0.05) is 24.1 Å². The third-order valence-corrected chi connectivity index (χ3v) is 4.34. The van der Waals surface area contributed by atoms with Gasteiger partial charge in [-0.15, -0.1) is 0 Å². The van der Waals surface area contributed by atoms with Gasteiger partial charge in [0.15, 0.2) is 0 Å². The van der Waals surface area contributed by atoms with E-state index < -0.39 is 11.3 Å². The first kappa shape index (κ1) is 18.4. The number of amides is 1. The van der Waals surface area contributed by atoms with Gasteiger partial charge in [0.2, 0.25) is 11.9 Å². The van der Waals surface area contributed by atoms with E-state index in [2.05, 4.69) is 20.3 Å². The molecule has 0 unspecified atom stereocenters. The third-order valence-electron chi connectivity index (χ3n) is 4.34. The van der Waals surface area contributed by atoms with E-state index in [1.807, 2.05) is 35.9 Å². The van der Waals surface area contributed by atoms with Gasteiger partial charge in [-0.2, -0.15) is 0 Å². The van der Waals surface area contributed by atoms with E-state index in [-0.39, 0.29) is 0 Å². The van der Waals surface area contributed by atoms with Gasteiger partial charge in [-0.3, -0.25) is 4.79 Å². The normalized spacial score (nSPS) is 11.3. The molecule has 3 aromatic rings. The van der Waals surface area contributed by atoms with Crippen LogP contribution in [0.25, 0.3) is 5.69 Å². The second-order valence-corrected chi connectivity index (χ2v) is 6.69. The van der Waals surface area contributed by atoms with Crippen molar-refractivity contribution in [2.45, 2.75) is 26.2 Å². The largest absolute Gasteiger partial charge is 0.494 e. The van der Waals surface area contributed by atoms with E-state index in [9.17, 15) is 4.79 Å². The molecule has 0 atom stereocenters. The van der Waals surface area contributed by atoms with E-state index in [0.717, 1.165) is 17.1 Å². The molecule has 8 nitrogen and oxygen atoms in total. The van der Waals surface area contributed by atoms with Crippen LogP contribution in [0.5, 0.6) is 5.75 Å². The maximum absolute atomic E-state index is 11.7. The van der Waals surface area contributed by atoms with Crippen LogP contribution >= 0.6 is 0 Å². The van der Waals surface area contributed by atoms with Gasteiger partial charge < -0.3 is 20.4 Å². The fourth-order valence-corrected chi connectivity index (χ4v) is 2.54. The van der Waals surface area contributed by atoms with Crippen molar-refractivity contribution in [2.24, 2.45) is 5.73 Å². The summed E-state index contributed by atoms with van der Waals surface area (Å²) in [5.74, 6) is 0.593. The zero-order chi connectivity index (χ0) is 19.6. The van der Waals surface area contributed by atoms with Crippen molar-refractivity contribution in [3.05, 3.63) is 54.4 Å². The second kappa shape index (κ2) is 7.06. The van der Waals surface area contributed by atoms with Crippen LogP contribution in [-0.4, -0.2) is 32.5 Å². The number of primary amides is 1. The van der Waals surface area contributed by atoms with E-state index in [0.29, 0.717) is 17.4 Å². The van der Waals surface area contributed by atoms with Crippen LogP contribution < -0.4 is 15.8 Å². The van der Waals surface area contributed by atoms with Gasteiger partial charge >= 0.3 is 0 Å². The number of hydrogen-bond donors (Lipinski definition) is 2. The number of aromatic nitrogens is 4. The van der Waals surface area contributed by atoms with Crippen molar-refractivity contribution in [3.8, 4) is 11.4 Å². The fraction of sp³-hybridized carbons (Fsp3) is 0.263. The van der Waals surface area contributed by atoms with Crippen molar-refractivity contribution in [2.75, 3.05) is 12.4 Å². The zero-order valence-electron chi connectivity index (χ0n) is 15.7. The summed E-state index contributed by atoms with van der Waals surface area (Å²) in [6.45, 7) is 5.38. The minimum atomic E-state index is -0.889. The third kappa shape index (κ3) is 3.74. The van der Waals surface area contributed by atoms with Crippen LogP contribution in [0.3, 0.4) is 0 Å². The zero-order valence-corrected chi connectivity index (χ0v) is 15.7. The Labute approximate surface area is 157 Å². The molecule has 1 amide bonds. The number of carbonyl (C=O) groups excluding carboxylic acids is 1. The molecule has 0 aliphatic rings. The summed E-state index contributed by atoms with van der Waals surface area (Å²) < 4.78 is 7.40. The van der Waals surface area contributed by atoms with Crippen molar-refractivity contribution in [1.82, 2.24) is 19.5 Å². The molecule has 0 bridgehead atoms. The Morgan fingerprint density at radius 1 is 1.26 bits per heavy atom. The summed E-state index contributed by atoms with van der Waals surface area (Å²) >= 11 is 0. The number of rotatable bonds is 6. The predicted octanol–water partition coefficient (Wildman–Crippen LogP) is 2.49. The number of hydrogen-bond acceptors (Lipinski definition) is 6. The van der Waals surface area contributed by atoms with E-state index in [4.69, 9.17) is 10.5 Å². The standard InChI is InChI=1S/C19H22N6O2/c1-12-10-25(11-22-12)14-6-5-13(9-15(14)27-4)23-18-21-8-7-16(24-18)19(2,3)17(20)26/h5-11H,1-4H3,(H2,20,26)(H,21,23,24). The Hall–Kier alpha value is -3.42. The quantitative estimate of drug-likeness (QED) is 0.694. The lowest BCUT2D eigenvalue weighted by atomic mass is 9.88. The van der Waals surface area contributed by atoms with E-state index in [1.54, 1.807) is 39.5 Å². The molecule has 0 aliphatic heterocycles. The average molecular weight is 366 g/mol. The number of anilines is 2. The topological polar surface area (TPSA) is 108 Å². The monoisotopic (exact) mass is 366 g/mol. The average Bonchev–Trinajstić information content (AvgIpc) is 3.08. The van der Waals surface area contributed by atoms with E-state index >= 15 is 0 Å². The predicted molar refractivity (Wildman–Crippen MR) is 102 cm³/mol. The molecule has 0 aliphatic carbocycles. The van der Waals surface area contributed by atoms with E-state index in [1.165, 1.54) is 0 Å². The van der Waals surface area contributed by atoms with Crippen molar-refractivity contribution in [1.29, 1.82) is 0 Å². The Morgan fingerprint density at radius 3 is 2.67 bits per heavy atom. The highest BCUT2D eigenvalue weighted by Gasteiger charge is 2.29. The maximum Gasteiger partial charge on any atom is 0.229 e. The number of nitrogens with two attached hydrogens (primary N) is 1. The Bertz CT molecular complexity index is 980. The summed E-state index contributed by atoms with van der Waals surface area (Å²) in [6, 6.07) is 7.34. The van der Waals surface area contributed by atoms with Gasteiger partial charge in [0.05, 0.1) is 35.9 Å². The minimum Gasteiger partial charge on any atom is -0.494 e. The molecule has 1 aromatic carbocycles. The van der Waals surface area contributed by atoms with Gasteiger partial charge in [0.25, 0.3) is 0 Å². The van der Waals surface area contributed by atoms with Crippen LogP contribution in [0, 0.1) is 6.92 Å². The minimum absolute atomic E-state index is 0.370. The molecule has 27 heavy (non-hydrogen) atoms. The first-order chi connectivity index (χ1) is 12.8. The lowest BCUT2D eigenvalue weighted by molar-refractivity contribution is -0.122. The Kier molecular flexibility index (Phi) is 4.81. The number of imidazole rings is 1. The van der Waals surface area contributed by atoms with Crippen molar-refractivity contribution < 1.29 is 9.53 Å². The smallest absolute Gasteiger partial charge is 0.229 e. The number of methoxy groups -OCH3 is 1. The number of benzene rings is 1. The molecule has 0 saturated heterocycles. The molecule has 3 N–H and O–H groups in total. The summed E-state index contributed by atoms with van der Waals surface area (Å²) in [5, 5.41) is 3.13. The van der Waals surface area contributed by atoms with Crippen molar-refractivity contribution in [3.63, 3.8) is 0 Å². The molecular formula is C19H22N6O2. The first-order valence-electron chi connectivity index (χ1n) is 8.40. The highest BCUT2D eigenvalue weighted by atomic mass is 16.5. The Morgan fingerprint density at radius 2 is 2.04 bits per heavy atom. The van der Waals surface area contributed by atoms with Gasteiger partial charge in [-0.25, -0.2) is 15.0 Å². The van der Waals surface area contributed by atoms with Crippen molar-refractivity contribution >= 4 is 17.5 Å². The fourth-order valence-electron chi connectivity index (χ4n) is 2.54. The Balaban J connectivity index is 1.89. The number of nitrogens with one attached hydrogen (secondary N) is 1. The molecule has 3 rings (SSSR count). The van der Waals surface area contributed by atoms with Crippen LogP contribution in [0.15, 0.2) is 43.0 Å². The maximum atomic E-state index is 11.7. The highest BCUT2D eigenvalue weighted by molar-refractivity contribution is 5.85. The van der Waals surface area contributed by atoms with Gasteiger partial charge in [-0.1, -0.05) is 0 Å². The van der Waals surface area contributed by atoms with Crippen LogP contribution in [0.4, 0.5) is 11.6 Å². The van der Waals surface area contributed by atoms with Gasteiger partial charge in [-0.05, 0) is 39.0 Å². The molecule has 140 valence electrons. The summed E-state index contributed by atoms with van der Waals surface area (Å²) in [7, 11) is 1.61. The number of ether oxygens (including phenoxy) is 1. The molecule has 8 heteroatoms. The molecule has 0 spiro atoms. The number of nitrogens with zero attached hydrogens (tertiary/aromatic N) is 4. The highest BCUT2D eigenvalue weighted by Crippen LogP contribution is 2.28. The van der Waals surface area contributed by atoms with Crippen LogP contribution in [-0.2, 0) is 10.2 Å². The number of carbonyl (C=O) groups is 1. The lowest BCUT2D eigenvalue weighted by Crippen LogP contribution is -2.36. The molecule has 0 radical (unpaired) electrons. The molecule has 0 saturated carbocycles. The van der Waals surface area contributed by atoms with Gasteiger partial charge in [0.1, 0.15) is 5.75 Å². The molecular weight excluding hydrogens is 344 g/mol. The summed E-state index contributed by atoms with van der Waals surface area (Å²) in [4.78, 5) is 24.5. The van der Waals surface area contributed by atoms with Crippen LogP contribution in [0.2, 0.25) is 0 Å². The van der Waals surface area contributed by atoms with Crippen LogP contribution in [0.1, 0.15) is 25.2 Å². The summed E-state index contributed by atoms with van der Waals surface area (Å²) in [5.41, 5.74) is 7.67.